The van der Waals surface area contributed by atoms with Crippen LogP contribution in [0.4, 0.5) is 8.78 Å². The Kier molecular flexibility index (Phi) is 4.01. The van der Waals surface area contributed by atoms with Gasteiger partial charge in [0.05, 0.1) is 12.8 Å². The fourth-order valence-corrected chi connectivity index (χ4v) is 2.17. The highest BCUT2D eigenvalue weighted by atomic mass is 19.3. The molecule has 0 aliphatic rings. The van der Waals surface area contributed by atoms with E-state index in [1.165, 1.54) is 7.11 Å². The zero-order valence-corrected chi connectivity index (χ0v) is 12.1. The van der Waals surface area contributed by atoms with Crippen LogP contribution in [0.15, 0.2) is 0 Å². The maximum atomic E-state index is 12.7. The molecule has 7 nitrogen and oxygen atoms in total. The van der Waals surface area contributed by atoms with Crippen LogP contribution in [0.3, 0.4) is 0 Å². The molecule has 0 saturated carbocycles. The Labute approximate surface area is 119 Å². The highest BCUT2D eigenvalue weighted by Crippen LogP contribution is 2.29. The van der Waals surface area contributed by atoms with E-state index in [2.05, 4.69) is 20.1 Å². The van der Waals surface area contributed by atoms with Crippen molar-refractivity contribution in [3.8, 4) is 11.3 Å². The SMILES string of the molecule is COC(=O)c1nnn(CC(F)F)c1-c1c(C)nn(C)c1C. The number of aryl methyl sites for hydroxylation is 2. The Morgan fingerprint density at radius 1 is 1.38 bits per heavy atom. The van der Waals surface area contributed by atoms with Gasteiger partial charge in [0.25, 0.3) is 6.43 Å². The minimum absolute atomic E-state index is 0.0997. The summed E-state index contributed by atoms with van der Waals surface area (Å²) in [5.74, 6) is -0.729. The minimum atomic E-state index is -2.62. The van der Waals surface area contributed by atoms with Gasteiger partial charge in [-0.25, -0.2) is 18.3 Å². The van der Waals surface area contributed by atoms with Crippen LogP contribution in [0.1, 0.15) is 21.9 Å². The summed E-state index contributed by atoms with van der Waals surface area (Å²) >= 11 is 0. The van der Waals surface area contributed by atoms with Gasteiger partial charge in [-0.15, -0.1) is 5.10 Å². The van der Waals surface area contributed by atoms with E-state index in [-0.39, 0.29) is 11.4 Å². The van der Waals surface area contributed by atoms with Crippen LogP contribution in [-0.4, -0.2) is 44.3 Å². The summed E-state index contributed by atoms with van der Waals surface area (Å²) in [5.41, 5.74) is 1.97. The zero-order valence-electron chi connectivity index (χ0n) is 12.1. The van der Waals surface area contributed by atoms with Gasteiger partial charge in [-0.05, 0) is 13.8 Å². The fourth-order valence-electron chi connectivity index (χ4n) is 2.17. The molecule has 2 aromatic heterocycles. The first kappa shape index (κ1) is 15.1. The summed E-state index contributed by atoms with van der Waals surface area (Å²) in [6, 6.07) is 0. The van der Waals surface area contributed by atoms with E-state index in [4.69, 9.17) is 0 Å². The lowest BCUT2D eigenvalue weighted by Gasteiger charge is -2.08. The van der Waals surface area contributed by atoms with Gasteiger partial charge in [-0.3, -0.25) is 4.68 Å². The van der Waals surface area contributed by atoms with Crippen molar-refractivity contribution in [1.29, 1.82) is 0 Å². The predicted octanol–water partition coefficient (Wildman–Crippen LogP) is 1.35. The number of halogens is 2. The lowest BCUT2D eigenvalue weighted by atomic mass is 10.1. The Morgan fingerprint density at radius 2 is 2.05 bits per heavy atom. The normalized spacial score (nSPS) is 11.2. The Balaban J connectivity index is 2.68. The van der Waals surface area contributed by atoms with Gasteiger partial charge in [-0.1, -0.05) is 5.21 Å². The smallest absolute Gasteiger partial charge is 0.360 e. The van der Waals surface area contributed by atoms with Crippen molar-refractivity contribution in [1.82, 2.24) is 24.8 Å². The molecule has 0 saturated heterocycles. The van der Waals surface area contributed by atoms with Crippen LogP contribution in [0, 0.1) is 13.8 Å². The molecule has 9 heteroatoms. The number of hydrogen-bond donors (Lipinski definition) is 0. The first-order chi connectivity index (χ1) is 9.86. The molecule has 0 unspecified atom stereocenters. The van der Waals surface area contributed by atoms with Gasteiger partial charge >= 0.3 is 5.97 Å². The Bertz CT molecular complexity index is 677. The largest absolute Gasteiger partial charge is 0.464 e. The lowest BCUT2D eigenvalue weighted by molar-refractivity contribution is 0.0594. The Hall–Kier alpha value is -2.32. The van der Waals surface area contributed by atoms with Crippen molar-refractivity contribution in [3.63, 3.8) is 0 Å². The quantitative estimate of drug-likeness (QED) is 0.797. The molecule has 2 rings (SSSR count). The maximum absolute atomic E-state index is 12.7. The van der Waals surface area contributed by atoms with E-state index in [1.54, 1.807) is 25.6 Å². The summed E-state index contributed by atoms with van der Waals surface area (Å²) < 4.78 is 32.6. The van der Waals surface area contributed by atoms with E-state index in [0.29, 0.717) is 11.3 Å². The van der Waals surface area contributed by atoms with Gasteiger partial charge in [0.1, 0.15) is 12.2 Å². The third kappa shape index (κ3) is 2.63. The van der Waals surface area contributed by atoms with Crippen molar-refractivity contribution in [2.24, 2.45) is 7.05 Å². The monoisotopic (exact) mass is 299 g/mol. The van der Waals surface area contributed by atoms with Crippen LogP contribution in [0.2, 0.25) is 0 Å². The van der Waals surface area contributed by atoms with E-state index in [0.717, 1.165) is 10.4 Å². The number of methoxy groups -OCH3 is 1. The fraction of sp³-hybridized carbons (Fsp3) is 0.500. The van der Waals surface area contributed by atoms with Crippen molar-refractivity contribution in [2.45, 2.75) is 26.8 Å². The lowest BCUT2D eigenvalue weighted by Crippen LogP contribution is -2.12. The van der Waals surface area contributed by atoms with Gasteiger partial charge in [0.2, 0.25) is 0 Å². The second kappa shape index (κ2) is 5.58. The Morgan fingerprint density at radius 3 is 2.52 bits per heavy atom. The molecule has 0 bridgehead atoms. The van der Waals surface area contributed by atoms with Crippen molar-refractivity contribution in [3.05, 3.63) is 17.1 Å². The summed E-state index contributed by atoms with van der Waals surface area (Å²) in [6.45, 7) is 2.84. The molecule has 2 aromatic rings. The molecular weight excluding hydrogens is 284 g/mol. The summed E-state index contributed by atoms with van der Waals surface area (Å²) in [6.07, 6.45) is -2.62. The molecule has 21 heavy (non-hydrogen) atoms. The molecule has 0 N–H and O–H groups in total. The number of carbonyl (C=O) groups is 1. The highest BCUT2D eigenvalue weighted by molar-refractivity contribution is 5.94. The van der Waals surface area contributed by atoms with Crippen molar-refractivity contribution < 1.29 is 18.3 Å². The van der Waals surface area contributed by atoms with E-state index < -0.39 is 18.9 Å². The number of hydrogen-bond acceptors (Lipinski definition) is 5. The molecule has 0 aliphatic heterocycles. The molecule has 0 atom stereocenters. The third-order valence-electron chi connectivity index (χ3n) is 3.17. The van der Waals surface area contributed by atoms with Crippen LogP contribution < -0.4 is 0 Å². The van der Waals surface area contributed by atoms with Crippen LogP contribution >= 0.6 is 0 Å². The topological polar surface area (TPSA) is 74.8 Å². The highest BCUT2D eigenvalue weighted by Gasteiger charge is 2.27. The van der Waals surface area contributed by atoms with E-state index in [1.807, 2.05) is 0 Å². The summed E-state index contributed by atoms with van der Waals surface area (Å²) in [5, 5.41) is 11.5. The molecule has 0 fully saturated rings. The molecule has 0 amide bonds. The molecule has 0 aromatic carbocycles. The standard InChI is InChI=1S/C12H15F2N5O2/c1-6-9(7(2)18(3)16-6)11-10(12(20)21-4)15-17-19(11)5-8(13)14/h8H,5H2,1-4H3. The van der Waals surface area contributed by atoms with Gasteiger partial charge in [0.15, 0.2) is 5.69 Å². The number of ether oxygens (including phenoxy) is 1. The number of alkyl halides is 2. The minimum Gasteiger partial charge on any atom is -0.464 e. The number of nitrogens with zero attached hydrogens (tertiary/aromatic N) is 5. The second-order valence-corrected chi connectivity index (χ2v) is 4.52. The second-order valence-electron chi connectivity index (χ2n) is 4.52. The maximum Gasteiger partial charge on any atom is 0.360 e. The third-order valence-corrected chi connectivity index (χ3v) is 3.17. The van der Waals surface area contributed by atoms with E-state index >= 15 is 0 Å². The molecular formula is C12H15F2N5O2. The van der Waals surface area contributed by atoms with Crippen LogP contribution in [0.5, 0.6) is 0 Å². The van der Waals surface area contributed by atoms with Gasteiger partial charge in [0, 0.05) is 18.3 Å². The van der Waals surface area contributed by atoms with Gasteiger partial charge in [-0.2, -0.15) is 5.10 Å². The van der Waals surface area contributed by atoms with Crippen molar-refractivity contribution in [2.75, 3.05) is 7.11 Å². The number of esters is 1. The molecule has 0 radical (unpaired) electrons. The molecule has 114 valence electrons. The van der Waals surface area contributed by atoms with E-state index in [9.17, 15) is 13.6 Å². The molecule has 0 spiro atoms. The predicted molar refractivity (Wildman–Crippen MR) is 69.0 cm³/mol. The summed E-state index contributed by atoms with van der Waals surface area (Å²) in [4.78, 5) is 11.8. The number of rotatable bonds is 4. The van der Waals surface area contributed by atoms with Crippen LogP contribution in [-0.2, 0) is 18.3 Å². The molecule has 0 aliphatic carbocycles. The zero-order chi connectivity index (χ0) is 15.7. The van der Waals surface area contributed by atoms with Gasteiger partial charge < -0.3 is 4.74 Å². The number of aromatic nitrogens is 5. The van der Waals surface area contributed by atoms with Crippen molar-refractivity contribution >= 4 is 5.97 Å². The molecule has 2 heterocycles. The summed E-state index contributed by atoms with van der Waals surface area (Å²) in [7, 11) is 2.92. The average molecular weight is 299 g/mol. The number of carbonyl (C=O) groups excluding carboxylic acids is 1. The average Bonchev–Trinajstić information content (AvgIpc) is 2.90. The first-order valence-electron chi connectivity index (χ1n) is 6.17. The first-order valence-corrected chi connectivity index (χ1v) is 6.17. The van der Waals surface area contributed by atoms with Crippen LogP contribution in [0.25, 0.3) is 11.3 Å².